The van der Waals surface area contributed by atoms with Crippen molar-refractivity contribution in [1.82, 2.24) is 4.98 Å². The van der Waals surface area contributed by atoms with E-state index in [2.05, 4.69) is 4.98 Å². The average molecular weight is 305 g/mol. The molecule has 0 aliphatic carbocycles. The molecule has 0 unspecified atom stereocenters. The monoisotopic (exact) mass is 305 g/mol. The zero-order valence-corrected chi connectivity index (χ0v) is 12.0. The lowest BCUT2D eigenvalue weighted by atomic mass is 9.99. The van der Waals surface area contributed by atoms with E-state index in [1.54, 1.807) is 30.3 Å². The molecule has 0 saturated heterocycles. The number of aromatic nitrogens is 1. The van der Waals surface area contributed by atoms with E-state index in [0.29, 0.717) is 11.3 Å². The van der Waals surface area contributed by atoms with Gasteiger partial charge in [-0.2, -0.15) is 4.39 Å². The van der Waals surface area contributed by atoms with Crippen LogP contribution in [0.15, 0.2) is 71.3 Å². The third-order valence-corrected chi connectivity index (χ3v) is 3.74. The first-order valence-corrected chi connectivity index (χ1v) is 7.15. The van der Waals surface area contributed by atoms with Crippen molar-refractivity contribution >= 4 is 11.0 Å². The Morgan fingerprint density at radius 3 is 2.48 bits per heavy atom. The predicted molar refractivity (Wildman–Crippen MR) is 86.5 cm³/mol. The predicted octanol–water partition coefficient (Wildman–Crippen LogP) is 5.01. The highest BCUT2D eigenvalue weighted by molar-refractivity contribution is 6.01. The van der Waals surface area contributed by atoms with Crippen LogP contribution in [0.5, 0.6) is 5.75 Å². The number of halogens is 1. The van der Waals surface area contributed by atoms with E-state index in [4.69, 9.17) is 4.42 Å². The van der Waals surface area contributed by atoms with E-state index in [-0.39, 0.29) is 5.75 Å². The molecule has 0 amide bonds. The third-order valence-electron chi connectivity index (χ3n) is 3.74. The maximum absolute atomic E-state index is 13.6. The molecule has 1 N–H and O–H groups in total. The first kappa shape index (κ1) is 13.5. The molecular weight excluding hydrogens is 293 g/mol. The van der Waals surface area contributed by atoms with Gasteiger partial charge in [-0.05, 0) is 42.0 Å². The number of rotatable bonds is 2. The molecule has 0 bridgehead atoms. The van der Waals surface area contributed by atoms with Crippen molar-refractivity contribution in [3.8, 4) is 28.2 Å². The Morgan fingerprint density at radius 1 is 0.913 bits per heavy atom. The maximum atomic E-state index is 13.6. The molecule has 0 aliphatic heterocycles. The van der Waals surface area contributed by atoms with Gasteiger partial charge in [0.15, 0.2) is 0 Å². The number of hydrogen-bond acceptors (Lipinski definition) is 3. The van der Waals surface area contributed by atoms with Gasteiger partial charge < -0.3 is 9.52 Å². The largest absolute Gasteiger partial charge is 0.508 e. The van der Waals surface area contributed by atoms with Crippen molar-refractivity contribution in [2.75, 3.05) is 0 Å². The van der Waals surface area contributed by atoms with Crippen LogP contribution >= 0.6 is 0 Å². The summed E-state index contributed by atoms with van der Waals surface area (Å²) in [6.07, 6.45) is 1.44. The van der Waals surface area contributed by atoms with Gasteiger partial charge in [0.1, 0.15) is 17.1 Å². The summed E-state index contributed by atoms with van der Waals surface area (Å²) in [5, 5.41) is 10.4. The first-order valence-electron chi connectivity index (χ1n) is 7.15. The van der Waals surface area contributed by atoms with Crippen LogP contribution in [0.2, 0.25) is 0 Å². The van der Waals surface area contributed by atoms with E-state index in [0.717, 1.165) is 22.1 Å². The molecule has 0 aliphatic rings. The van der Waals surface area contributed by atoms with Crippen molar-refractivity contribution in [1.29, 1.82) is 0 Å². The lowest BCUT2D eigenvalue weighted by molar-refractivity contribution is 0.475. The minimum absolute atomic E-state index is 0.182. The van der Waals surface area contributed by atoms with E-state index >= 15 is 0 Å². The number of aromatic hydroxyl groups is 1. The van der Waals surface area contributed by atoms with Gasteiger partial charge in [-0.15, -0.1) is 0 Å². The van der Waals surface area contributed by atoms with Gasteiger partial charge in [0.2, 0.25) is 5.95 Å². The average Bonchev–Trinajstić information content (AvgIpc) is 2.95. The second-order valence-corrected chi connectivity index (χ2v) is 5.22. The van der Waals surface area contributed by atoms with Crippen LogP contribution in [0.25, 0.3) is 33.4 Å². The zero-order chi connectivity index (χ0) is 15.8. The SMILES string of the molecule is Oc1ccc(-c2oc3ccccc3c2-c2ccnc(F)c2)cc1. The Kier molecular flexibility index (Phi) is 3.08. The summed E-state index contributed by atoms with van der Waals surface area (Å²) in [6, 6.07) is 17.5. The van der Waals surface area contributed by atoms with Crippen molar-refractivity contribution in [2.24, 2.45) is 0 Å². The van der Waals surface area contributed by atoms with Gasteiger partial charge >= 0.3 is 0 Å². The number of nitrogens with zero attached hydrogens (tertiary/aromatic N) is 1. The second-order valence-electron chi connectivity index (χ2n) is 5.22. The summed E-state index contributed by atoms with van der Waals surface area (Å²) in [5.41, 5.74) is 3.05. The number of phenolic OH excluding ortho intramolecular Hbond substituents is 1. The van der Waals surface area contributed by atoms with Gasteiger partial charge in [0.05, 0.1) is 0 Å². The van der Waals surface area contributed by atoms with Crippen LogP contribution in [0, 0.1) is 5.95 Å². The molecule has 112 valence electrons. The quantitative estimate of drug-likeness (QED) is 0.530. The lowest BCUT2D eigenvalue weighted by Gasteiger charge is -2.04. The summed E-state index contributed by atoms with van der Waals surface area (Å²) >= 11 is 0. The Bertz CT molecular complexity index is 990. The van der Waals surface area contributed by atoms with Gasteiger partial charge in [0.25, 0.3) is 0 Å². The van der Waals surface area contributed by atoms with Crippen LogP contribution < -0.4 is 0 Å². The molecule has 3 nitrogen and oxygen atoms in total. The Labute approximate surface area is 131 Å². The number of hydrogen-bond donors (Lipinski definition) is 1. The van der Waals surface area contributed by atoms with Gasteiger partial charge in [-0.25, -0.2) is 4.98 Å². The van der Waals surface area contributed by atoms with Crippen molar-refractivity contribution in [2.45, 2.75) is 0 Å². The second kappa shape index (κ2) is 5.25. The molecule has 4 aromatic rings. The van der Waals surface area contributed by atoms with E-state index in [1.807, 2.05) is 24.3 Å². The van der Waals surface area contributed by atoms with E-state index in [9.17, 15) is 9.50 Å². The smallest absolute Gasteiger partial charge is 0.213 e. The van der Waals surface area contributed by atoms with Crippen LogP contribution in [0.1, 0.15) is 0 Å². The summed E-state index contributed by atoms with van der Waals surface area (Å²) in [5.74, 6) is 0.280. The summed E-state index contributed by atoms with van der Waals surface area (Å²) in [6.45, 7) is 0. The first-order chi connectivity index (χ1) is 11.2. The van der Waals surface area contributed by atoms with Crippen LogP contribution in [0.4, 0.5) is 4.39 Å². The Balaban J connectivity index is 2.04. The normalized spacial score (nSPS) is 11.0. The Hall–Kier alpha value is -3.14. The fraction of sp³-hybridized carbons (Fsp3) is 0. The summed E-state index contributed by atoms with van der Waals surface area (Å²) < 4.78 is 19.6. The molecule has 2 heterocycles. The van der Waals surface area contributed by atoms with E-state index in [1.165, 1.54) is 12.3 Å². The minimum Gasteiger partial charge on any atom is -0.508 e. The number of phenols is 1. The molecule has 0 fully saturated rings. The molecule has 0 atom stereocenters. The van der Waals surface area contributed by atoms with E-state index < -0.39 is 5.95 Å². The van der Waals surface area contributed by atoms with Crippen molar-refractivity contribution in [3.63, 3.8) is 0 Å². The van der Waals surface area contributed by atoms with Crippen LogP contribution in [0.3, 0.4) is 0 Å². The zero-order valence-electron chi connectivity index (χ0n) is 12.0. The highest BCUT2D eigenvalue weighted by Crippen LogP contribution is 2.40. The molecule has 2 aromatic carbocycles. The fourth-order valence-electron chi connectivity index (χ4n) is 2.71. The van der Waals surface area contributed by atoms with Gasteiger partial charge in [-0.1, -0.05) is 18.2 Å². The molecule has 0 spiro atoms. The summed E-state index contributed by atoms with van der Waals surface area (Å²) in [7, 11) is 0. The van der Waals surface area contributed by atoms with Crippen LogP contribution in [-0.2, 0) is 0 Å². The summed E-state index contributed by atoms with van der Waals surface area (Å²) in [4.78, 5) is 3.61. The number of fused-ring (bicyclic) bond motifs is 1. The number of pyridine rings is 1. The van der Waals surface area contributed by atoms with Gasteiger partial charge in [-0.3, -0.25) is 0 Å². The molecule has 0 saturated carbocycles. The molecule has 23 heavy (non-hydrogen) atoms. The Morgan fingerprint density at radius 2 is 1.70 bits per heavy atom. The number of benzene rings is 2. The third kappa shape index (κ3) is 2.34. The molecular formula is C19H12FNO2. The molecule has 2 aromatic heterocycles. The van der Waals surface area contributed by atoms with Crippen molar-refractivity contribution in [3.05, 3.63) is 72.8 Å². The highest BCUT2D eigenvalue weighted by atomic mass is 19.1. The fourth-order valence-corrected chi connectivity index (χ4v) is 2.71. The standard InChI is InChI=1S/C19H12FNO2/c20-17-11-13(9-10-21-17)18-15-3-1-2-4-16(15)23-19(18)12-5-7-14(22)8-6-12/h1-11,22H. The number of para-hydroxylation sites is 1. The highest BCUT2D eigenvalue weighted by Gasteiger charge is 2.17. The van der Waals surface area contributed by atoms with Gasteiger partial charge in [0, 0.05) is 28.8 Å². The minimum atomic E-state index is -0.538. The van der Waals surface area contributed by atoms with Crippen molar-refractivity contribution < 1.29 is 13.9 Å². The topological polar surface area (TPSA) is 46.3 Å². The maximum Gasteiger partial charge on any atom is 0.213 e. The van der Waals surface area contributed by atoms with Crippen LogP contribution in [-0.4, -0.2) is 10.1 Å². The number of furan rings is 1. The molecule has 0 radical (unpaired) electrons. The molecule has 4 heteroatoms. The molecule has 4 rings (SSSR count). The lowest BCUT2D eigenvalue weighted by Crippen LogP contribution is -1.85.